The summed E-state index contributed by atoms with van der Waals surface area (Å²) in [5.41, 5.74) is 2.70. The Morgan fingerprint density at radius 2 is 2.00 bits per heavy atom. The molecule has 0 fully saturated rings. The van der Waals surface area contributed by atoms with Gasteiger partial charge in [-0.3, -0.25) is 4.79 Å². The lowest BCUT2D eigenvalue weighted by atomic mass is 10.2. The van der Waals surface area contributed by atoms with Crippen molar-refractivity contribution < 1.29 is 9.53 Å². The van der Waals surface area contributed by atoms with Crippen LogP contribution >= 0.6 is 0 Å². The van der Waals surface area contributed by atoms with Crippen LogP contribution in [0.25, 0.3) is 0 Å². The molecule has 0 saturated heterocycles. The van der Waals surface area contributed by atoms with Crippen LogP contribution in [0.5, 0.6) is 5.75 Å². The van der Waals surface area contributed by atoms with Crippen LogP contribution in [0, 0.1) is 18.3 Å². The third-order valence-corrected chi connectivity index (χ3v) is 2.94. The molecule has 106 valence electrons. The van der Waals surface area contributed by atoms with Crippen LogP contribution in [-0.2, 0) is 11.4 Å². The molecule has 1 N–H and O–H groups in total. The number of anilines is 1. The molecule has 21 heavy (non-hydrogen) atoms. The van der Waals surface area contributed by atoms with E-state index in [1.165, 1.54) is 0 Å². The van der Waals surface area contributed by atoms with Gasteiger partial charge in [-0.25, -0.2) is 0 Å². The van der Waals surface area contributed by atoms with Crippen molar-refractivity contribution in [2.24, 2.45) is 0 Å². The first kappa shape index (κ1) is 14.6. The number of nitriles is 1. The predicted octanol–water partition coefficient (Wildman–Crippen LogP) is 3.43. The van der Waals surface area contributed by atoms with E-state index in [2.05, 4.69) is 5.32 Å². The van der Waals surface area contributed by atoms with E-state index in [-0.39, 0.29) is 12.3 Å². The van der Waals surface area contributed by atoms with E-state index in [0.717, 1.165) is 16.9 Å². The molecule has 0 aliphatic heterocycles. The first-order valence-electron chi connectivity index (χ1n) is 6.63. The lowest BCUT2D eigenvalue weighted by molar-refractivity contribution is -0.115. The molecular weight excluding hydrogens is 264 g/mol. The van der Waals surface area contributed by atoms with Gasteiger partial charge in [-0.15, -0.1) is 0 Å². The van der Waals surface area contributed by atoms with Crippen LogP contribution < -0.4 is 10.1 Å². The van der Waals surface area contributed by atoms with E-state index in [4.69, 9.17) is 10.00 Å². The number of hydrogen-bond donors (Lipinski definition) is 1. The first-order chi connectivity index (χ1) is 10.2. The smallest absolute Gasteiger partial charge is 0.238 e. The molecule has 2 aromatic carbocycles. The number of ether oxygens (including phenoxy) is 1. The van der Waals surface area contributed by atoms with Crippen LogP contribution in [0.15, 0.2) is 48.5 Å². The minimum absolute atomic E-state index is 0.148. The van der Waals surface area contributed by atoms with Crippen molar-refractivity contribution in [3.05, 3.63) is 59.7 Å². The Balaban J connectivity index is 1.99. The molecule has 0 spiro atoms. The van der Waals surface area contributed by atoms with Crippen LogP contribution in [0.2, 0.25) is 0 Å². The second kappa shape index (κ2) is 7.11. The van der Waals surface area contributed by atoms with Gasteiger partial charge in [0.2, 0.25) is 5.91 Å². The van der Waals surface area contributed by atoms with Gasteiger partial charge in [-0.2, -0.15) is 5.26 Å². The fraction of sp³-hybridized carbons (Fsp3) is 0.176. The minimum atomic E-state index is -0.310. The monoisotopic (exact) mass is 280 g/mol. The molecule has 0 aromatic heterocycles. The molecule has 0 atom stereocenters. The number of benzene rings is 2. The molecule has 0 bridgehead atoms. The maximum atomic E-state index is 11.4. The number of hydrogen-bond acceptors (Lipinski definition) is 3. The van der Waals surface area contributed by atoms with Gasteiger partial charge in [-0.05, 0) is 36.2 Å². The number of carbonyl (C=O) groups is 1. The fourth-order valence-corrected chi connectivity index (χ4v) is 1.90. The van der Waals surface area contributed by atoms with E-state index in [0.29, 0.717) is 12.3 Å². The zero-order valence-corrected chi connectivity index (χ0v) is 11.8. The van der Waals surface area contributed by atoms with Gasteiger partial charge in [0.05, 0.1) is 6.07 Å². The number of rotatable bonds is 5. The van der Waals surface area contributed by atoms with Crippen molar-refractivity contribution in [2.75, 3.05) is 5.32 Å². The van der Waals surface area contributed by atoms with Crippen LogP contribution in [0.1, 0.15) is 17.5 Å². The van der Waals surface area contributed by atoms with Gasteiger partial charge >= 0.3 is 0 Å². The Bertz CT molecular complexity index is 660. The van der Waals surface area contributed by atoms with E-state index < -0.39 is 0 Å². The standard InChI is InChI=1S/C17H16N2O2/c1-13-11-15(19-17(20)9-10-18)7-8-16(13)21-12-14-5-3-2-4-6-14/h2-8,11H,9,12H2,1H3,(H,19,20). The molecule has 2 aromatic rings. The second-order valence-electron chi connectivity index (χ2n) is 4.64. The highest BCUT2D eigenvalue weighted by Crippen LogP contribution is 2.23. The number of amides is 1. The van der Waals surface area contributed by atoms with E-state index in [1.54, 1.807) is 6.07 Å². The summed E-state index contributed by atoms with van der Waals surface area (Å²) in [6.07, 6.45) is -0.148. The van der Waals surface area contributed by atoms with E-state index in [1.807, 2.05) is 55.5 Å². The Hall–Kier alpha value is -2.80. The quantitative estimate of drug-likeness (QED) is 0.912. The summed E-state index contributed by atoms with van der Waals surface area (Å²) in [6, 6.07) is 17.2. The highest BCUT2D eigenvalue weighted by atomic mass is 16.5. The fourth-order valence-electron chi connectivity index (χ4n) is 1.90. The van der Waals surface area contributed by atoms with Crippen LogP contribution in [0.3, 0.4) is 0 Å². The summed E-state index contributed by atoms with van der Waals surface area (Å²) in [5.74, 6) is 0.465. The highest BCUT2D eigenvalue weighted by molar-refractivity contribution is 5.92. The topological polar surface area (TPSA) is 62.1 Å². The number of aryl methyl sites for hydroxylation is 1. The third-order valence-electron chi connectivity index (χ3n) is 2.94. The molecule has 0 heterocycles. The largest absolute Gasteiger partial charge is 0.489 e. The maximum absolute atomic E-state index is 11.4. The molecule has 0 aliphatic carbocycles. The Morgan fingerprint density at radius 3 is 2.67 bits per heavy atom. The van der Waals surface area contributed by atoms with E-state index >= 15 is 0 Å². The third kappa shape index (κ3) is 4.36. The lowest BCUT2D eigenvalue weighted by Crippen LogP contribution is -2.10. The van der Waals surface area contributed by atoms with Crippen molar-refractivity contribution in [1.82, 2.24) is 0 Å². The molecule has 0 saturated carbocycles. The molecule has 1 amide bonds. The van der Waals surface area contributed by atoms with Crippen LogP contribution in [-0.4, -0.2) is 5.91 Å². The highest BCUT2D eigenvalue weighted by Gasteiger charge is 2.05. The zero-order chi connectivity index (χ0) is 15.1. The summed E-state index contributed by atoms with van der Waals surface area (Å²) in [4.78, 5) is 11.4. The molecular formula is C17H16N2O2. The summed E-state index contributed by atoms with van der Waals surface area (Å²) < 4.78 is 5.77. The normalized spacial score (nSPS) is 9.71. The SMILES string of the molecule is Cc1cc(NC(=O)CC#N)ccc1OCc1ccccc1. The molecule has 0 unspecified atom stereocenters. The summed E-state index contributed by atoms with van der Waals surface area (Å²) in [6.45, 7) is 2.42. The summed E-state index contributed by atoms with van der Waals surface area (Å²) in [7, 11) is 0. The number of nitrogens with zero attached hydrogens (tertiary/aromatic N) is 1. The van der Waals surface area contributed by atoms with E-state index in [9.17, 15) is 4.79 Å². The predicted molar refractivity (Wildman–Crippen MR) is 80.8 cm³/mol. The second-order valence-corrected chi connectivity index (χ2v) is 4.64. The van der Waals surface area contributed by atoms with Gasteiger partial charge in [-0.1, -0.05) is 30.3 Å². The average Bonchev–Trinajstić information content (AvgIpc) is 2.48. The van der Waals surface area contributed by atoms with Crippen molar-refractivity contribution in [2.45, 2.75) is 20.0 Å². The van der Waals surface area contributed by atoms with Crippen molar-refractivity contribution in [3.63, 3.8) is 0 Å². The van der Waals surface area contributed by atoms with Gasteiger partial charge in [0.15, 0.2) is 0 Å². The lowest BCUT2D eigenvalue weighted by Gasteiger charge is -2.11. The van der Waals surface area contributed by atoms with Crippen molar-refractivity contribution in [3.8, 4) is 11.8 Å². The maximum Gasteiger partial charge on any atom is 0.238 e. The van der Waals surface area contributed by atoms with Crippen molar-refractivity contribution in [1.29, 1.82) is 5.26 Å². The zero-order valence-electron chi connectivity index (χ0n) is 11.8. The Kier molecular flexibility index (Phi) is 4.94. The summed E-state index contributed by atoms with van der Waals surface area (Å²) >= 11 is 0. The first-order valence-corrected chi connectivity index (χ1v) is 6.63. The average molecular weight is 280 g/mol. The molecule has 2 rings (SSSR count). The number of nitrogens with one attached hydrogen (secondary N) is 1. The summed E-state index contributed by atoms with van der Waals surface area (Å²) in [5, 5.41) is 11.1. The van der Waals surface area contributed by atoms with Gasteiger partial charge < -0.3 is 10.1 Å². The molecule has 4 heteroatoms. The van der Waals surface area contributed by atoms with Gasteiger partial charge in [0, 0.05) is 5.69 Å². The Labute approximate surface area is 124 Å². The Morgan fingerprint density at radius 1 is 1.24 bits per heavy atom. The number of carbonyl (C=O) groups excluding carboxylic acids is 1. The van der Waals surface area contributed by atoms with Crippen LogP contribution in [0.4, 0.5) is 5.69 Å². The van der Waals surface area contributed by atoms with Gasteiger partial charge in [0.25, 0.3) is 0 Å². The molecule has 0 aliphatic rings. The van der Waals surface area contributed by atoms with Gasteiger partial charge in [0.1, 0.15) is 18.8 Å². The minimum Gasteiger partial charge on any atom is -0.489 e. The van der Waals surface area contributed by atoms with Crippen molar-refractivity contribution >= 4 is 11.6 Å². The molecule has 4 nitrogen and oxygen atoms in total. The molecule has 0 radical (unpaired) electrons.